The molecule has 0 bridgehead atoms. The Labute approximate surface area is 103 Å². The van der Waals surface area contributed by atoms with E-state index < -0.39 is 0 Å². The van der Waals surface area contributed by atoms with E-state index in [1.54, 1.807) is 11.8 Å². The minimum absolute atomic E-state index is 0.407. The summed E-state index contributed by atoms with van der Waals surface area (Å²) in [4.78, 5) is 1.35. The summed E-state index contributed by atoms with van der Waals surface area (Å²) >= 11 is 1.80. The van der Waals surface area contributed by atoms with E-state index in [4.69, 9.17) is 0 Å². The second-order valence-corrected chi connectivity index (χ2v) is 4.40. The van der Waals surface area contributed by atoms with Gasteiger partial charge in [-0.25, -0.2) is 0 Å². The summed E-state index contributed by atoms with van der Waals surface area (Å²) in [7, 11) is 2.02. The van der Waals surface area contributed by atoms with Crippen molar-refractivity contribution < 1.29 is 0 Å². The van der Waals surface area contributed by atoms with Gasteiger partial charge in [-0.15, -0.1) is 23.6 Å². The van der Waals surface area contributed by atoms with Crippen LogP contribution in [0.25, 0.3) is 0 Å². The van der Waals surface area contributed by atoms with Crippen molar-refractivity contribution in [1.82, 2.24) is 5.32 Å². The van der Waals surface area contributed by atoms with Crippen LogP contribution >= 0.6 is 11.8 Å². The SMILES string of the molecule is CC#CCCC(NC)c1ccccc1SC. The number of benzene rings is 1. The third-order valence-electron chi connectivity index (χ3n) is 2.60. The molecular formula is C14H19NS. The molecule has 0 radical (unpaired) electrons. The van der Waals surface area contributed by atoms with Crippen molar-refractivity contribution in [1.29, 1.82) is 0 Å². The number of rotatable bonds is 5. The first-order valence-electron chi connectivity index (χ1n) is 5.53. The molecule has 0 heterocycles. The highest BCUT2D eigenvalue weighted by Gasteiger charge is 2.11. The highest BCUT2D eigenvalue weighted by Crippen LogP contribution is 2.27. The summed E-state index contributed by atoms with van der Waals surface area (Å²) in [5.41, 5.74) is 1.38. The molecular weight excluding hydrogens is 214 g/mol. The number of nitrogens with one attached hydrogen (secondary N) is 1. The molecule has 1 N–H and O–H groups in total. The zero-order chi connectivity index (χ0) is 11.8. The number of thioether (sulfide) groups is 1. The second kappa shape index (κ2) is 7.38. The Balaban J connectivity index is 2.79. The quantitative estimate of drug-likeness (QED) is 0.617. The van der Waals surface area contributed by atoms with E-state index in [0.717, 1.165) is 12.8 Å². The van der Waals surface area contributed by atoms with E-state index in [1.165, 1.54) is 10.5 Å². The molecule has 1 atom stereocenters. The van der Waals surface area contributed by atoms with Gasteiger partial charge in [0.25, 0.3) is 0 Å². The molecule has 1 aromatic rings. The van der Waals surface area contributed by atoms with E-state index in [1.807, 2.05) is 14.0 Å². The normalized spacial score (nSPS) is 11.7. The molecule has 1 rings (SSSR count). The average Bonchev–Trinajstić information content (AvgIpc) is 2.35. The molecule has 0 aromatic heterocycles. The standard InChI is InChI=1S/C14H19NS/c1-4-5-6-10-13(15-2)12-9-7-8-11-14(12)16-3/h7-9,11,13,15H,6,10H2,1-3H3. The summed E-state index contributed by atoms with van der Waals surface area (Å²) < 4.78 is 0. The van der Waals surface area contributed by atoms with Gasteiger partial charge in [0.05, 0.1) is 0 Å². The van der Waals surface area contributed by atoms with Crippen LogP contribution in [-0.4, -0.2) is 13.3 Å². The number of hydrogen-bond donors (Lipinski definition) is 1. The molecule has 16 heavy (non-hydrogen) atoms. The molecule has 0 aliphatic carbocycles. The van der Waals surface area contributed by atoms with Crippen LogP contribution in [0.4, 0.5) is 0 Å². The smallest absolute Gasteiger partial charge is 0.0337 e. The Morgan fingerprint density at radius 3 is 2.75 bits per heavy atom. The lowest BCUT2D eigenvalue weighted by Crippen LogP contribution is -2.16. The molecule has 1 unspecified atom stereocenters. The van der Waals surface area contributed by atoms with E-state index >= 15 is 0 Å². The molecule has 0 fully saturated rings. The molecule has 1 aromatic carbocycles. The van der Waals surface area contributed by atoms with Crippen LogP contribution in [0.15, 0.2) is 29.2 Å². The van der Waals surface area contributed by atoms with Crippen molar-refractivity contribution in [3.63, 3.8) is 0 Å². The monoisotopic (exact) mass is 233 g/mol. The molecule has 0 aliphatic heterocycles. The lowest BCUT2D eigenvalue weighted by Gasteiger charge is -2.18. The highest BCUT2D eigenvalue weighted by molar-refractivity contribution is 7.98. The maximum absolute atomic E-state index is 3.37. The molecule has 0 spiro atoms. The third kappa shape index (κ3) is 3.59. The maximum Gasteiger partial charge on any atom is 0.0337 e. The van der Waals surface area contributed by atoms with Crippen LogP contribution in [0.3, 0.4) is 0 Å². The fraction of sp³-hybridized carbons (Fsp3) is 0.429. The molecule has 0 saturated heterocycles. The van der Waals surface area contributed by atoms with Crippen molar-refractivity contribution in [2.24, 2.45) is 0 Å². The maximum atomic E-state index is 3.37. The van der Waals surface area contributed by atoms with Crippen LogP contribution in [0.5, 0.6) is 0 Å². The minimum atomic E-state index is 0.407. The van der Waals surface area contributed by atoms with Crippen LogP contribution < -0.4 is 5.32 Å². The van der Waals surface area contributed by atoms with Gasteiger partial charge in [-0.2, -0.15) is 0 Å². The summed E-state index contributed by atoms with van der Waals surface area (Å²) in [5.74, 6) is 6.07. The first-order chi connectivity index (χ1) is 7.83. The zero-order valence-corrected chi connectivity index (χ0v) is 11.0. The van der Waals surface area contributed by atoms with Gasteiger partial charge < -0.3 is 5.32 Å². The lowest BCUT2D eigenvalue weighted by molar-refractivity contribution is 0.550. The molecule has 0 aliphatic rings. The van der Waals surface area contributed by atoms with E-state index in [-0.39, 0.29) is 0 Å². The topological polar surface area (TPSA) is 12.0 Å². The number of hydrogen-bond acceptors (Lipinski definition) is 2. The Morgan fingerprint density at radius 1 is 1.38 bits per heavy atom. The fourth-order valence-electron chi connectivity index (χ4n) is 1.75. The van der Waals surface area contributed by atoms with E-state index in [2.05, 4.69) is 47.7 Å². The predicted octanol–water partition coefficient (Wildman–Crippen LogP) is 3.47. The third-order valence-corrected chi connectivity index (χ3v) is 3.41. The Bertz CT molecular complexity index is 376. The molecule has 2 heteroatoms. The van der Waals surface area contributed by atoms with Gasteiger partial charge in [0.15, 0.2) is 0 Å². The minimum Gasteiger partial charge on any atom is -0.313 e. The summed E-state index contributed by atoms with van der Waals surface area (Å²) in [6.07, 6.45) is 4.14. The van der Waals surface area contributed by atoms with Gasteiger partial charge >= 0.3 is 0 Å². The summed E-state index contributed by atoms with van der Waals surface area (Å²) in [6, 6.07) is 8.98. The first-order valence-corrected chi connectivity index (χ1v) is 6.75. The molecule has 0 amide bonds. The molecule has 0 saturated carbocycles. The van der Waals surface area contributed by atoms with Crippen molar-refractivity contribution in [2.45, 2.75) is 30.7 Å². The zero-order valence-electron chi connectivity index (χ0n) is 10.2. The van der Waals surface area contributed by atoms with E-state index in [9.17, 15) is 0 Å². The Kier molecular flexibility index (Phi) is 6.07. The van der Waals surface area contributed by atoms with Gasteiger partial charge in [0, 0.05) is 17.4 Å². The van der Waals surface area contributed by atoms with Crippen molar-refractivity contribution in [3.05, 3.63) is 29.8 Å². The van der Waals surface area contributed by atoms with Gasteiger partial charge in [-0.3, -0.25) is 0 Å². The van der Waals surface area contributed by atoms with Crippen LogP contribution in [0, 0.1) is 11.8 Å². The summed E-state index contributed by atoms with van der Waals surface area (Å²) in [6.45, 7) is 1.89. The van der Waals surface area contributed by atoms with Crippen LogP contribution in [-0.2, 0) is 0 Å². The van der Waals surface area contributed by atoms with Gasteiger partial charge in [0.2, 0.25) is 0 Å². The summed E-state index contributed by atoms with van der Waals surface area (Å²) in [5, 5.41) is 3.37. The van der Waals surface area contributed by atoms with Crippen molar-refractivity contribution in [2.75, 3.05) is 13.3 Å². The van der Waals surface area contributed by atoms with Gasteiger partial charge in [-0.05, 0) is 38.3 Å². The Hall–Kier alpha value is -0.910. The fourth-order valence-corrected chi connectivity index (χ4v) is 2.41. The lowest BCUT2D eigenvalue weighted by atomic mass is 10.0. The largest absolute Gasteiger partial charge is 0.313 e. The van der Waals surface area contributed by atoms with Crippen LogP contribution in [0.2, 0.25) is 0 Å². The average molecular weight is 233 g/mol. The van der Waals surface area contributed by atoms with Crippen LogP contribution in [0.1, 0.15) is 31.4 Å². The Morgan fingerprint density at radius 2 is 2.12 bits per heavy atom. The molecule has 86 valence electrons. The van der Waals surface area contributed by atoms with E-state index in [0.29, 0.717) is 6.04 Å². The van der Waals surface area contributed by atoms with Crippen molar-refractivity contribution in [3.8, 4) is 11.8 Å². The van der Waals surface area contributed by atoms with Gasteiger partial charge in [0.1, 0.15) is 0 Å². The second-order valence-electron chi connectivity index (χ2n) is 3.55. The highest BCUT2D eigenvalue weighted by atomic mass is 32.2. The first kappa shape index (κ1) is 13.2. The van der Waals surface area contributed by atoms with Crippen molar-refractivity contribution >= 4 is 11.8 Å². The predicted molar refractivity (Wildman–Crippen MR) is 72.7 cm³/mol. The van der Waals surface area contributed by atoms with Gasteiger partial charge in [-0.1, -0.05) is 18.2 Å². The molecule has 1 nitrogen and oxygen atoms in total.